The van der Waals surface area contributed by atoms with Gasteiger partial charge in [-0.25, -0.2) is 9.59 Å². The lowest BCUT2D eigenvalue weighted by atomic mass is 9.83. The Bertz CT molecular complexity index is 696. The summed E-state index contributed by atoms with van der Waals surface area (Å²) in [4.78, 5) is 24.6. The lowest BCUT2D eigenvalue weighted by Crippen LogP contribution is -2.40. The van der Waals surface area contributed by atoms with Crippen LogP contribution in [0.25, 0.3) is 0 Å². The van der Waals surface area contributed by atoms with Gasteiger partial charge in [-0.2, -0.15) is 0 Å². The molecule has 1 N–H and O–H groups in total. The van der Waals surface area contributed by atoms with E-state index in [9.17, 15) is 9.59 Å². The molecule has 4 rings (SSSR count). The van der Waals surface area contributed by atoms with E-state index in [1.165, 1.54) is 0 Å². The number of anilines is 1. The Morgan fingerprint density at radius 1 is 1.20 bits per heavy atom. The molecule has 2 aliphatic heterocycles. The van der Waals surface area contributed by atoms with Gasteiger partial charge in [-0.3, -0.25) is 4.90 Å². The Labute approximate surface area is 144 Å². The van der Waals surface area contributed by atoms with E-state index in [0.717, 1.165) is 0 Å². The summed E-state index contributed by atoms with van der Waals surface area (Å²) < 4.78 is 21.6. The Morgan fingerprint density at radius 3 is 2.64 bits per heavy atom. The third-order valence-corrected chi connectivity index (χ3v) is 4.92. The molecule has 1 amide bonds. The highest BCUT2D eigenvalue weighted by atomic mass is 16.7. The van der Waals surface area contributed by atoms with Gasteiger partial charge < -0.3 is 24.1 Å². The average molecular weight is 349 g/mol. The molecular formula is C17H19NO7. The molecule has 1 aromatic carbocycles. The molecule has 1 aliphatic carbocycles. The van der Waals surface area contributed by atoms with Crippen molar-refractivity contribution in [2.45, 2.75) is 37.4 Å². The Kier molecular flexibility index (Phi) is 3.82. The summed E-state index contributed by atoms with van der Waals surface area (Å²) in [5.41, 5.74) is 0.123. The maximum absolute atomic E-state index is 12.4. The fourth-order valence-corrected chi connectivity index (χ4v) is 3.66. The zero-order valence-electron chi connectivity index (χ0n) is 13.6. The van der Waals surface area contributed by atoms with Crippen LogP contribution in [0.15, 0.2) is 18.2 Å². The monoisotopic (exact) mass is 349 g/mol. The Morgan fingerprint density at radius 2 is 1.92 bits per heavy atom. The van der Waals surface area contributed by atoms with E-state index in [1.807, 2.05) is 6.07 Å². The molecule has 1 saturated carbocycles. The molecule has 0 unspecified atom stereocenters. The molecule has 1 aromatic rings. The van der Waals surface area contributed by atoms with E-state index < -0.39 is 17.8 Å². The number of benzene rings is 1. The fraction of sp³-hybridized carbons (Fsp3) is 0.529. The minimum Gasteiger partial charge on any atom is -0.486 e. The number of carbonyl (C=O) groups excluding carboxylic acids is 1. The van der Waals surface area contributed by atoms with Crippen molar-refractivity contribution < 1.29 is 33.6 Å². The number of carbonyl (C=O) groups is 2. The summed E-state index contributed by atoms with van der Waals surface area (Å²) in [6.45, 7) is 1.43. The van der Waals surface area contributed by atoms with Crippen LogP contribution in [0, 0.1) is 0 Å². The largest absolute Gasteiger partial charge is 0.506 e. The van der Waals surface area contributed by atoms with Crippen molar-refractivity contribution in [2.24, 2.45) is 0 Å². The predicted molar refractivity (Wildman–Crippen MR) is 85.4 cm³/mol. The van der Waals surface area contributed by atoms with Crippen LogP contribution in [0.2, 0.25) is 0 Å². The molecule has 8 nitrogen and oxygen atoms in total. The molecule has 1 saturated heterocycles. The van der Waals surface area contributed by atoms with E-state index in [2.05, 4.69) is 0 Å². The number of rotatable bonds is 2. The summed E-state index contributed by atoms with van der Waals surface area (Å²) in [6.07, 6.45) is 0.278. The van der Waals surface area contributed by atoms with Crippen molar-refractivity contribution in [1.29, 1.82) is 0 Å². The SMILES string of the molecule is O=C(O)O[C@H]1CC[C@]2(CC1)CN(c1ccc3c(c1)OCCO3)C(=O)O2. The van der Waals surface area contributed by atoms with Crippen LogP contribution in [-0.2, 0) is 9.47 Å². The molecule has 0 aromatic heterocycles. The number of carboxylic acid groups (broad SMARTS) is 1. The zero-order valence-corrected chi connectivity index (χ0v) is 13.6. The van der Waals surface area contributed by atoms with Crippen molar-refractivity contribution in [1.82, 2.24) is 0 Å². The number of hydrogen-bond acceptors (Lipinski definition) is 6. The Balaban J connectivity index is 1.47. The number of nitrogens with zero attached hydrogens (tertiary/aromatic N) is 1. The van der Waals surface area contributed by atoms with Crippen LogP contribution in [0.1, 0.15) is 25.7 Å². The molecule has 25 heavy (non-hydrogen) atoms. The molecule has 1 spiro atoms. The topological polar surface area (TPSA) is 94.5 Å². The van der Waals surface area contributed by atoms with Crippen molar-refractivity contribution >= 4 is 17.9 Å². The van der Waals surface area contributed by atoms with Gasteiger partial charge >= 0.3 is 12.2 Å². The summed E-state index contributed by atoms with van der Waals surface area (Å²) >= 11 is 0. The number of fused-ring (bicyclic) bond motifs is 1. The highest BCUT2D eigenvalue weighted by Crippen LogP contribution is 2.41. The third kappa shape index (κ3) is 3.04. The van der Waals surface area contributed by atoms with E-state index in [0.29, 0.717) is 62.6 Å². The van der Waals surface area contributed by atoms with E-state index in [4.69, 9.17) is 24.1 Å². The summed E-state index contributed by atoms with van der Waals surface area (Å²) in [6, 6.07) is 5.39. The fourth-order valence-electron chi connectivity index (χ4n) is 3.66. The summed E-state index contributed by atoms with van der Waals surface area (Å²) in [5, 5.41) is 8.71. The summed E-state index contributed by atoms with van der Waals surface area (Å²) in [5.74, 6) is 1.29. The number of hydrogen-bond donors (Lipinski definition) is 1. The molecule has 0 radical (unpaired) electrons. The molecule has 8 heteroatoms. The molecule has 0 bridgehead atoms. The van der Waals surface area contributed by atoms with Gasteiger partial charge in [0.25, 0.3) is 0 Å². The normalized spacial score (nSPS) is 27.9. The van der Waals surface area contributed by atoms with Crippen molar-refractivity contribution in [2.75, 3.05) is 24.7 Å². The average Bonchev–Trinajstić information content (AvgIpc) is 2.93. The third-order valence-electron chi connectivity index (χ3n) is 4.92. The second-order valence-electron chi connectivity index (χ2n) is 6.55. The zero-order chi connectivity index (χ0) is 17.4. The van der Waals surface area contributed by atoms with Crippen LogP contribution >= 0.6 is 0 Å². The quantitative estimate of drug-likeness (QED) is 0.820. The number of ether oxygens (including phenoxy) is 4. The second-order valence-corrected chi connectivity index (χ2v) is 6.55. The molecule has 3 aliphatic rings. The van der Waals surface area contributed by atoms with E-state index in [1.54, 1.807) is 17.0 Å². The van der Waals surface area contributed by atoms with Crippen LogP contribution in [0.3, 0.4) is 0 Å². The summed E-state index contributed by atoms with van der Waals surface area (Å²) in [7, 11) is 0. The standard InChI is InChI=1S/C17H19NO7/c19-15-18(11-1-2-13-14(9-11)23-8-7-22-13)10-17(25-15)5-3-12(4-6-17)24-16(20)21/h1-2,9,12H,3-8,10H2,(H,20,21)/t12-,17-. The van der Waals surface area contributed by atoms with Gasteiger partial charge in [-0.15, -0.1) is 0 Å². The van der Waals surface area contributed by atoms with Gasteiger partial charge in [0.2, 0.25) is 0 Å². The maximum Gasteiger partial charge on any atom is 0.506 e. The van der Waals surface area contributed by atoms with Crippen LogP contribution in [-0.4, -0.2) is 48.8 Å². The lowest BCUT2D eigenvalue weighted by molar-refractivity contribution is -0.0278. The first-order valence-corrected chi connectivity index (χ1v) is 8.34. The number of amides is 1. The molecule has 2 heterocycles. The highest BCUT2D eigenvalue weighted by Gasteiger charge is 2.48. The first kappa shape index (κ1) is 15.9. The highest BCUT2D eigenvalue weighted by molar-refractivity contribution is 5.90. The van der Waals surface area contributed by atoms with Crippen molar-refractivity contribution in [3.63, 3.8) is 0 Å². The molecular weight excluding hydrogens is 330 g/mol. The van der Waals surface area contributed by atoms with Gasteiger partial charge in [0.05, 0.1) is 12.2 Å². The minimum absolute atomic E-state index is 0.329. The van der Waals surface area contributed by atoms with Gasteiger partial charge in [0.1, 0.15) is 24.9 Å². The molecule has 2 fully saturated rings. The molecule has 0 atom stereocenters. The van der Waals surface area contributed by atoms with Crippen molar-refractivity contribution in [3.8, 4) is 11.5 Å². The van der Waals surface area contributed by atoms with Gasteiger partial charge in [0, 0.05) is 6.07 Å². The lowest BCUT2D eigenvalue weighted by Gasteiger charge is -2.34. The molecule has 134 valence electrons. The first-order valence-electron chi connectivity index (χ1n) is 8.34. The minimum atomic E-state index is -1.26. The Hall–Kier alpha value is -2.64. The van der Waals surface area contributed by atoms with Gasteiger partial charge in [-0.1, -0.05) is 0 Å². The van der Waals surface area contributed by atoms with Crippen molar-refractivity contribution in [3.05, 3.63) is 18.2 Å². The van der Waals surface area contributed by atoms with E-state index in [-0.39, 0.29) is 6.10 Å². The van der Waals surface area contributed by atoms with Gasteiger partial charge in [0.15, 0.2) is 11.5 Å². The smallest absolute Gasteiger partial charge is 0.486 e. The van der Waals surface area contributed by atoms with E-state index >= 15 is 0 Å². The second kappa shape index (κ2) is 6.02. The van der Waals surface area contributed by atoms with Gasteiger partial charge in [-0.05, 0) is 37.8 Å². The maximum atomic E-state index is 12.4. The predicted octanol–water partition coefficient (Wildman–Crippen LogP) is 2.79. The van der Waals surface area contributed by atoms with Crippen LogP contribution in [0.5, 0.6) is 11.5 Å². The van der Waals surface area contributed by atoms with Crippen LogP contribution < -0.4 is 14.4 Å². The van der Waals surface area contributed by atoms with Crippen LogP contribution in [0.4, 0.5) is 15.3 Å². The first-order chi connectivity index (χ1) is 12.0.